The third kappa shape index (κ3) is 6.85. The average molecular weight is 357 g/mol. The Morgan fingerprint density at radius 1 is 1.29 bits per heavy atom. The van der Waals surface area contributed by atoms with Crippen molar-refractivity contribution in [3.8, 4) is 0 Å². The van der Waals surface area contributed by atoms with Crippen LogP contribution in [0.15, 0.2) is 24.3 Å². The zero-order valence-electron chi connectivity index (χ0n) is 12.3. The summed E-state index contributed by atoms with van der Waals surface area (Å²) in [6, 6.07) is 7.03. The van der Waals surface area contributed by atoms with Gasteiger partial charge in [-0.05, 0) is 38.4 Å². The largest absolute Gasteiger partial charge is 0.335 e. The smallest absolute Gasteiger partial charge is 0.240 e. The Kier molecular flexibility index (Phi) is 12.0. The van der Waals surface area contributed by atoms with Crippen molar-refractivity contribution >= 4 is 42.3 Å². The number of amides is 1. The summed E-state index contributed by atoms with van der Waals surface area (Å²) < 4.78 is 0. The molecule has 7 heteroatoms. The SMILES string of the molecule is CC(C)N(Cc1ccccc1Cl)C(=O)[C@@H](N)CCN.Cl.Cl. The Morgan fingerprint density at radius 2 is 1.86 bits per heavy atom. The fourth-order valence-corrected chi connectivity index (χ4v) is 2.04. The van der Waals surface area contributed by atoms with E-state index < -0.39 is 6.04 Å². The standard InChI is InChI=1S/C14H22ClN3O.2ClH/c1-10(2)18(14(19)13(17)7-8-16)9-11-5-3-4-6-12(11)15;;/h3-6,10,13H,7-9,16-17H2,1-2H3;2*1H/t13-;;/m0../s1. The van der Waals surface area contributed by atoms with Gasteiger partial charge in [-0.15, -0.1) is 24.8 Å². The highest BCUT2D eigenvalue weighted by molar-refractivity contribution is 6.31. The van der Waals surface area contributed by atoms with Gasteiger partial charge < -0.3 is 16.4 Å². The van der Waals surface area contributed by atoms with Gasteiger partial charge in [-0.2, -0.15) is 0 Å². The minimum absolute atomic E-state index is 0. The molecule has 1 aromatic carbocycles. The van der Waals surface area contributed by atoms with E-state index in [2.05, 4.69) is 0 Å². The van der Waals surface area contributed by atoms with Crippen LogP contribution in [0.1, 0.15) is 25.8 Å². The van der Waals surface area contributed by atoms with E-state index in [0.29, 0.717) is 24.5 Å². The van der Waals surface area contributed by atoms with Gasteiger partial charge >= 0.3 is 0 Å². The molecule has 0 radical (unpaired) electrons. The number of benzene rings is 1. The van der Waals surface area contributed by atoms with Crippen LogP contribution in [0.4, 0.5) is 0 Å². The lowest BCUT2D eigenvalue weighted by Gasteiger charge is -2.29. The molecule has 1 aromatic rings. The number of hydrogen-bond donors (Lipinski definition) is 2. The van der Waals surface area contributed by atoms with E-state index in [4.69, 9.17) is 23.1 Å². The van der Waals surface area contributed by atoms with Crippen molar-refractivity contribution in [2.45, 2.75) is 38.9 Å². The van der Waals surface area contributed by atoms with E-state index in [9.17, 15) is 4.79 Å². The van der Waals surface area contributed by atoms with Crippen molar-refractivity contribution in [1.29, 1.82) is 0 Å². The fourth-order valence-electron chi connectivity index (χ4n) is 1.84. The molecule has 0 aliphatic heterocycles. The van der Waals surface area contributed by atoms with Crippen molar-refractivity contribution in [3.05, 3.63) is 34.9 Å². The van der Waals surface area contributed by atoms with Crippen LogP contribution < -0.4 is 11.5 Å². The predicted molar refractivity (Wildman–Crippen MR) is 93.3 cm³/mol. The molecule has 0 aliphatic rings. The second kappa shape index (κ2) is 11.1. The minimum atomic E-state index is -0.546. The minimum Gasteiger partial charge on any atom is -0.335 e. The highest BCUT2D eigenvalue weighted by atomic mass is 35.5. The van der Waals surface area contributed by atoms with Crippen molar-refractivity contribution in [1.82, 2.24) is 4.90 Å². The number of nitrogens with zero attached hydrogens (tertiary/aromatic N) is 1. The van der Waals surface area contributed by atoms with E-state index in [-0.39, 0.29) is 36.8 Å². The van der Waals surface area contributed by atoms with E-state index in [1.807, 2.05) is 38.1 Å². The molecule has 0 unspecified atom stereocenters. The number of nitrogens with two attached hydrogens (primary N) is 2. The van der Waals surface area contributed by atoms with Gasteiger partial charge in [-0.3, -0.25) is 4.79 Å². The topological polar surface area (TPSA) is 72.3 Å². The summed E-state index contributed by atoms with van der Waals surface area (Å²) in [4.78, 5) is 14.0. The fraction of sp³-hybridized carbons (Fsp3) is 0.500. The Morgan fingerprint density at radius 3 is 2.33 bits per heavy atom. The first kappa shape index (κ1) is 22.8. The lowest BCUT2D eigenvalue weighted by molar-refractivity contribution is -0.135. The Bertz CT molecular complexity index is 430. The average Bonchev–Trinajstić information content (AvgIpc) is 2.37. The lowest BCUT2D eigenvalue weighted by Crippen LogP contribution is -2.47. The Labute approximate surface area is 144 Å². The zero-order chi connectivity index (χ0) is 14.4. The van der Waals surface area contributed by atoms with Crippen LogP contribution in [0.5, 0.6) is 0 Å². The molecule has 0 heterocycles. The third-order valence-corrected chi connectivity index (χ3v) is 3.37. The number of carbonyl (C=O) groups is 1. The van der Waals surface area contributed by atoms with Crippen LogP contribution in [0.25, 0.3) is 0 Å². The van der Waals surface area contributed by atoms with Crippen LogP contribution in [0, 0.1) is 0 Å². The van der Waals surface area contributed by atoms with Gasteiger partial charge in [0.2, 0.25) is 5.91 Å². The van der Waals surface area contributed by atoms with Crippen molar-refractivity contribution < 1.29 is 4.79 Å². The van der Waals surface area contributed by atoms with Crippen LogP contribution in [-0.2, 0) is 11.3 Å². The number of carbonyl (C=O) groups excluding carboxylic acids is 1. The van der Waals surface area contributed by atoms with E-state index in [1.54, 1.807) is 4.90 Å². The van der Waals surface area contributed by atoms with Gasteiger partial charge in [0.05, 0.1) is 6.04 Å². The summed E-state index contributed by atoms with van der Waals surface area (Å²) in [5.74, 6) is -0.0830. The number of rotatable bonds is 6. The predicted octanol–water partition coefficient (Wildman–Crippen LogP) is 2.60. The molecular weight excluding hydrogens is 333 g/mol. The van der Waals surface area contributed by atoms with Crippen molar-refractivity contribution in [3.63, 3.8) is 0 Å². The summed E-state index contributed by atoms with van der Waals surface area (Å²) >= 11 is 6.13. The molecule has 0 spiro atoms. The van der Waals surface area contributed by atoms with Crippen LogP contribution in [0.2, 0.25) is 5.02 Å². The van der Waals surface area contributed by atoms with Gasteiger partial charge in [-0.1, -0.05) is 29.8 Å². The summed E-state index contributed by atoms with van der Waals surface area (Å²) in [7, 11) is 0. The highest BCUT2D eigenvalue weighted by Crippen LogP contribution is 2.18. The molecule has 0 bridgehead atoms. The van der Waals surface area contributed by atoms with E-state index in [0.717, 1.165) is 5.56 Å². The lowest BCUT2D eigenvalue weighted by atomic mass is 10.1. The van der Waals surface area contributed by atoms with Crippen LogP contribution in [-0.4, -0.2) is 29.4 Å². The summed E-state index contributed by atoms with van der Waals surface area (Å²) in [6.07, 6.45) is 0.491. The second-order valence-electron chi connectivity index (χ2n) is 4.84. The molecule has 0 saturated heterocycles. The molecule has 122 valence electrons. The zero-order valence-corrected chi connectivity index (χ0v) is 14.7. The molecular formula is C14H24Cl3N3O. The second-order valence-corrected chi connectivity index (χ2v) is 5.24. The van der Waals surface area contributed by atoms with Gasteiger partial charge in [0.15, 0.2) is 0 Å². The van der Waals surface area contributed by atoms with E-state index >= 15 is 0 Å². The van der Waals surface area contributed by atoms with Gasteiger partial charge in [-0.25, -0.2) is 0 Å². The maximum Gasteiger partial charge on any atom is 0.240 e. The van der Waals surface area contributed by atoms with Gasteiger partial charge in [0.1, 0.15) is 0 Å². The normalized spacial score (nSPS) is 11.3. The summed E-state index contributed by atoms with van der Waals surface area (Å²) in [5.41, 5.74) is 12.2. The Hall–Kier alpha value is -0.520. The van der Waals surface area contributed by atoms with Crippen molar-refractivity contribution in [2.75, 3.05) is 6.54 Å². The monoisotopic (exact) mass is 355 g/mol. The number of hydrogen-bond acceptors (Lipinski definition) is 3. The molecule has 1 amide bonds. The number of halogens is 3. The first-order valence-corrected chi connectivity index (χ1v) is 6.84. The molecule has 21 heavy (non-hydrogen) atoms. The molecule has 0 fully saturated rings. The first-order chi connectivity index (χ1) is 8.97. The Balaban J connectivity index is 0. The maximum atomic E-state index is 12.3. The first-order valence-electron chi connectivity index (χ1n) is 6.47. The van der Waals surface area contributed by atoms with Gasteiger partial charge in [0.25, 0.3) is 0 Å². The molecule has 1 rings (SSSR count). The highest BCUT2D eigenvalue weighted by Gasteiger charge is 2.23. The maximum absolute atomic E-state index is 12.3. The van der Waals surface area contributed by atoms with Crippen molar-refractivity contribution in [2.24, 2.45) is 11.5 Å². The van der Waals surface area contributed by atoms with Crippen LogP contribution >= 0.6 is 36.4 Å². The quantitative estimate of drug-likeness (QED) is 0.823. The molecule has 0 aromatic heterocycles. The molecule has 0 saturated carbocycles. The molecule has 0 aliphatic carbocycles. The summed E-state index contributed by atoms with van der Waals surface area (Å²) in [6.45, 7) is 4.80. The molecule has 4 N–H and O–H groups in total. The molecule has 1 atom stereocenters. The summed E-state index contributed by atoms with van der Waals surface area (Å²) in [5, 5.41) is 0.661. The van der Waals surface area contributed by atoms with Crippen LogP contribution in [0.3, 0.4) is 0 Å². The molecule has 4 nitrogen and oxygen atoms in total. The van der Waals surface area contributed by atoms with Gasteiger partial charge in [0, 0.05) is 17.6 Å². The van der Waals surface area contributed by atoms with E-state index in [1.165, 1.54) is 0 Å². The third-order valence-electron chi connectivity index (χ3n) is 3.00.